The zero-order valence-electron chi connectivity index (χ0n) is 13.2. The third-order valence-corrected chi connectivity index (χ3v) is 4.49. The van der Waals surface area contributed by atoms with E-state index in [2.05, 4.69) is 37.3 Å². The maximum absolute atomic E-state index is 2.50. The van der Waals surface area contributed by atoms with Crippen molar-refractivity contribution in [3.63, 3.8) is 0 Å². The highest BCUT2D eigenvalue weighted by atomic mass is 14.1. The number of hydrogen-bond acceptors (Lipinski definition) is 0. The first-order valence-electron chi connectivity index (χ1n) is 8.66. The molecule has 20 heavy (non-hydrogen) atoms. The quantitative estimate of drug-likeness (QED) is 0.526. The summed E-state index contributed by atoms with van der Waals surface area (Å²) in [6.45, 7) is 2.29. The minimum atomic E-state index is 1.17. The Morgan fingerprint density at radius 2 is 1.60 bits per heavy atom. The largest absolute Gasteiger partial charge is 0.0845 e. The van der Waals surface area contributed by atoms with Crippen LogP contribution in [0, 0.1) is 0 Å². The second-order valence-electron chi connectivity index (χ2n) is 6.12. The molecule has 0 aromatic carbocycles. The van der Waals surface area contributed by atoms with Gasteiger partial charge in [-0.2, -0.15) is 0 Å². The molecule has 2 aliphatic carbocycles. The molecule has 0 bridgehead atoms. The van der Waals surface area contributed by atoms with E-state index in [9.17, 15) is 0 Å². The molecule has 0 spiro atoms. The van der Waals surface area contributed by atoms with Crippen LogP contribution in [-0.2, 0) is 0 Å². The first kappa shape index (κ1) is 15.4. The molecular formula is C20H30. The van der Waals surface area contributed by atoms with Gasteiger partial charge in [0.15, 0.2) is 0 Å². The Labute approximate surface area is 125 Å². The van der Waals surface area contributed by atoms with Crippen molar-refractivity contribution in [3.8, 4) is 0 Å². The van der Waals surface area contributed by atoms with Gasteiger partial charge in [-0.05, 0) is 68.9 Å². The third-order valence-electron chi connectivity index (χ3n) is 4.49. The van der Waals surface area contributed by atoms with Crippen LogP contribution < -0.4 is 0 Å². The molecule has 0 N–H and O–H groups in total. The van der Waals surface area contributed by atoms with Crippen LogP contribution in [0.25, 0.3) is 0 Å². The number of hydrogen-bond donors (Lipinski definition) is 0. The lowest BCUT2D eigenvalue weighted by Crippen LogP contribution is -1.93. The summed E-state index contributed by atoms with van der Waals surface area (Å²) in [4.78, 5) is 0. The van der Waals surface area contributed by atoms with Gasteiger partial charge in [-0.25, -0.2) is 0 Å². The van der Waals surface area contributed by atoms with E-state index >= 15 is 0 Å². The Bertz CT molecular complexity index is 404. The van der Waals surface area contributed by atoms with E-state index in [0.29, 0.717) is 0 Å². The molecule has 0 aromatic rings. The summed E-state index contributed by atoms with van der Waals surface area (Å²) < 4.78 is 0. The molecule has 0 aromatic heterocycles. The topological polar surface area (TPSA) is 0 Å². The number of rotatable bonds is 2. The Balaban J connectivity index is 2.20. The average molecular weight is 270 g/mol. The summed E-state index contributed by atoms with van der Waals surface area (Å²) in [5.74, 6) is 0. The van der Waals surface area contributed by atoms with Crippen molar-refractivity contribution in [1.82, 2.24) is 0 Å². The summed E-state index contributed by atoms with van der Waals surface area (Å²) in [6.07, 6.45) is 26.4. The zero-order chi connectivity index (χ0) is 14.0. The minimum absolute atomic E-state index is 1.17. The molecule has 0 heteroatoms. The van der Waals surface area contributed by atoms with E-state index in [4.69, 9.17) is 0 Å². The van der Waals surface area contributed by atoms with Gasteiger partial charge in [0.05, 0.1) is 0 Å². The van der Waals surface area contributed by atoms with Gasteiger partial charge in [0.2, 0.25) is 0 Å². The van der Waals surface area contributed by atoms with Gasteiger partial charge in [-0.15, -0.1) is 0 Å². The van der Waals surface area contributed by atoms with Crippen molar-refractivity contribution < 1.29 is 0 Å². The first-order chi connectivity index (χ1) is 9.90. The molecule has 0 nitrogen and oxygen atoms in total. The lowest BCUT2D eigenvalue weighted by Gasteiger charge is -2.12. The molecule has 0 aliphatic heterocycles. The van der Waals surface area contributed by atoms with E-state index in [1.165, 1.54) is 70.6 Å². The summed E-state index contributed by atoms with van der Waals surface area (Å²) in [7, 11) is 0. The highest BCUT2D eigenvalue weighted by Gasteiger charge is 2.08. The fraction of sp³-hybridized carbons (Fsp3) is 0.600. The minimum Gasteiger partial charge on any atom is -0.0845 e. The van der Waals surface area contributed by atoms with Gasteiger partial charge in [0.25, 0.3) is 0 Å². The molecule has 0 amide bonds. The Kier molecular flexibility index (Phi) is 6.91. The van der Waals surface area contributed by atoms with Gasteiger partial charge in [0.1, 0.15) is 0 Å². The third kappa shape index (κ3) is 5.15. The molecule has 110 valence electrons. The smallest absolute Gasteiger partial charge is 0.0276 e. The van der Waals surface area contributed by atoms with Gasteiger partial charge >= 0.3 is 0 Å². The van der Waals surface area contributed by atoms with Crippen LogP contribution in [-0.4, -0.2) is 0 Å². The van der Waals surface area contributed by atoms with Gasteiger partial charge in [-0.1, -0.05) is 55.7 Å². The Morgan fingerprint density at radius 3 is 2.40 bits per heavy atom. The lowest BCUT2D eigenvalue weighted by molar-refractivity contribution is 0.669. The van der Waals surface area contributed by atoms with Crippen molar-refractivity contribution in [2.24, 2.45) is 0 Å². The fourth-order valence-electron chi connectivity index (χ4n) is 3.16. The molecule has 0 fully saturated rings. The SMILES string of the molecule is CCC1=CCCCCCC(/C2=C/C=C/CCCCC2)=C1. The molecule has 0 unspecified atom stereocenters. The molecular weight excluding hydrogens is 240 g/mol. The van der Waals surface area contributed by atoms with Crippen LogP contribution in [0.15, 0.2) is 47.1 Å². The monoisotopic (exact) mass is 270 g/mol. The first-order valence-corrected chi connectivity index (χ1v) is 8.66. The molecule has 0 heterocycles. The summed E-state index contributed by atoms with van der Waals surface area (Å²) in [6, 6.07) is 0. The van der Waals surface area contributed by atoms with Crippen LogP contribution in [0.1, 0.15) is 77.6 Å². The van der Waals surface area contributed by atoms with E-state index in [-0.39, 0.29) is 0 Å². The Morgan fingerprint density at radius 1 is 0.850 bits per heavy atom. The van der Waals surface area contributed by atoms with E-state index in [1.807, 2.05) is 0 Å². The normalized spacial score (nSPS) is 26.4. The lowest BCUT2D eigenvalue weighted by atomic mass is 9.93. The standard InChI is InChI=1S/C20H30/c1-2-18-13-9-7-8-12-16-20(17-18)19-14-10-5-3-4-6-11-15-19/h5,10,13-14,17H,2-4,6-9,11-12,15-16H2,1H3/b10-5+,18-13?,19-14+,20-17?. The van der Waals surface area contributed by atoms with Gasteiger partial charge < -0.3 is 0 Å². The van der Waals surface area contributed by atoms with Crippen molar-refractivity contribution in [2.75, 3.05) is 0 Å². The van der Waals surface area contributed by atoms with Crippen LogP contribution in [0.3, 0.4) is 0 Å². The van der Waals surface area contributed by atoms with Gasteiger partial charge in [0, 0.05) is 0 Å². The molecule has 0 radical (unpaired) electrons. The molecule has 2 aliphatic rings. The second-order valence-corrected chi connectivity index (χ2v) is 6.12. The van der Waals surface area contributed by atoms with Crippen LogP contribution >= 0.6 is 0 Å². The second kappa shape index (κ2) is 9.00. The molecule has 0 saturated carbocycles. The number of allylic oxidation sites excluding steroid dienone is 8. The Hall–Kier alpha value is -1.04. The van der Waals surface area contributed by atoms with E-state index in [0.717, 1.165) is 0 Å². The average Bonchev–Trinajstić information content (AvgIpc) is 2.68. The van der Waals surface area contributed by atoms with Crippen LogP contribution in [0.5, 0.6) is 0 Å². The van der Waals surface area contributed by atoms with Gasteiger partial charge in [-0.3, -0.25) is 0 Å². The highest BCUT2D eigenvalue weighted by molar-refractivity contribution is 5.39. The molecule has 0 atom stereocenters. The fourth-order valence-corrected chi connectivity index (χ4v) is 3.16. The maximum Gasteiger partial charge on any atom is -0.0276 e. The molecule has 2 rings (SSSR count). The summed E-state index contributed by atoms with van der Waals surface area (Å²) >= 11 is 0. The van der Waals surface area contributed by atoms with Crippen molar-refractivity contribution in [1.29, 1.82) is 0 Å². The highest BCUT2D eigenvalue weighted by Crippen LogP contribution is 2.28. The van der Waals surface area contributed by atoms with Crippen molar-refractivity contribution in [2.45, 2.75) is 77.6 Å². The summed E-state index contributed by atoms with van der Waals surface area (Å²) in [5.41, 5.74) is 4.77. The van der Waals surface area contributed by atoms with Crippen LogP contribution in [0.2, 0.25) is 0 Å². The predicted octanol–water partition coefficient (Wildman–Crippen LogP) is 6.66. The van der Waals surface area contributed by atoms with Crippen LogP contribution in [0.4, 0.5) is 0 Å². The predicted molar refractivity (Wildman–Crippen MR) is 89.9 cm³/mol. The van der Waals surface area contributed by atoms with Crippen molar-refractivity contribution >= 4 is 0 Å². The maximum atomic E-state index is 2.50. The molecule has 0 saturated heterocycles. The zero-order valence-corrected chi connectivity index (χ0v) is 13.2. The van der Waals surface area contributed by atoms with E-state index < -0.39 is 0 Å². The summed E-state index contributed by atoms with van der Waals surface area (Å²) in [5, 5.41) is 0. The van der Waals surface area contributed by atoms with Crippen molar-refractivity contribution in [3.05, 3.63) is 47.1 Å². The van der Waals surface area contributed by atoms with E-state index in [1.54, 1.807) is 16.7 Å².